The first-order valence-electron chi connectivity index (χ1n) is 6.81. The van der Waals surface area contributed by atoms with Crippen LogP contribution in [-0.2, 0) is 4.79 Å². The Morgan fingerprint density at radius 3 is 2.63 bits per heavy atom. The van der Waals surface area contributed by atoms with Crippen molar-refractivity contribution < 1.29 is 9.90 Å². The molecule has 19 heavy (non-hydrogen) atoms. The number of carboxylic acid groups (broad SMARTS) is 1. The zero-order valence-corrected chi connectivity index (χ0v) is 11.9. The summed E-state index contributed by atoms with van der Waals surface area (Å²) in [6.45, 7) is 2.23. The molecule has 2 N–H and O–H groups in total. The molecule has 104 valence electrons. The number of carbonyl (C=O) groups is 1. The molecule has 0 bridgehead atoms. The lowest BCUT2D eigenvalue weighted by molar-refractivity contribution is -0.139. The van der Waals surface area contributed by atoms with Gasteiger partial charge in [-0.15, -0.1) is 0 Å². The lowest BCUT2D eigenvalue weighted by atomic mass is 9.79. The van der Waals surface area contributed by atoms with Gasteiger partial charge < -0.3 is 10.4 Å². The summed E-state index contributed by atoms with van der Waals surface area (Å²) in [5, 5.41) is 13.2. The Kier molecular flexibility index (Phi) is 4.70. The highest BCUT2D eigenvalue weighted by molar-refractivity contribution is 6.30. The molecule has 1 aromatic rings. The average molecular weight is 282 g/mol. The van der Waals surface area contributed by atoms with Crippen molar-refractivity contribution in [1.29, 1.82) is 0 Å². The van der Waals surface area contributed by atoms with Crippen molar-refractivity contribution in [3.8, 4) is 0 Å². The van der Waals surface area contributed by atoms with Gasteiger partial charge in [0.2, 0.25) is 0 Å². The van der Waals surface area contributed by atoms with E-state index in [1.807, 2.05) is 12.1 Å². The molecule has 1 fully saturated rings. The summed E-state index contributed by atoms with van der Waals surface area (Å²) in [4.78, 5) is 11.5. The molecule has 0 aromatic heterocycles. The first-order chi connectivity index (χ1) is 9.06. The number of hydrogen-bond acceptors (Lipinski definition) is 2. The molecule has 2 rings (SSSR count). The van der Waals surface area contributed by atoms with Crippen LogP contribution in [0.15, 0.2) is 24.3 Å². The highest BCUT2D eigenvalue weighted by atomic mass is 35.5. The summed E-state index contributed by atoms with van der Waals surface area (Å²) in [5.74, 6) is 0.143. The van der Waals surface area contributed by atoms with Crippen molar-refractivity contribution in [3.05, 3.63) is 29.3 Å². The van der Waals surface area contributed by atoms with Gasteiger partial charge in [-0.05, 0) is 42.9 Å². The molecule has 0 amide bonds. The lowest BCUT2D eigenvalue weighted by Gasteiger charge is -2.31. The monoisotopic (exact) mass is 281 g/mol. The van der Waals surface area contributed by atoms with Crippen LogP contribution in [0, 0.1) is 11.8 Å². The predicted octanol–water partition coefficient (Wildman–Crippen LogP) is 4.03. The number of hydrogen-bond donors (Lipinski definition) is 2. The van der Waals surface area contributed by atoms with E-state index in [1.165, 1.54) is 0 Å². The minimum absolute atomic E-state index is 0.202. The number of rotatable bonds is 4. The molecule has 1 unspecified atom stereocenters. The highest BCUT2D eigenvalue weighted by Gasteiger charge is 2.30. The summed E-state index contributed by atoms with van der Waals surface area (Å²) < 4.78 is 0. The van der Waals surface area contributed by atoms with E-state index in [0.717, 1.165) is 37.3 Å². The van der Waals surface area contributed by atoms with Gasteiger partial charge >= 0.3 is 5.97 Å². The van der Waals surface area contributed by atoms with Crippen LogP contribution in [0.25, 0.3) is 0 Å². The average Bonchev–Trinajstić information content (AvgIpc) is 2.37. The number of benzene rings is 1. The summed E-state index contributed by atoms with van der Waals surface area (Å²) >= 11 is 5.93. The van der Waals surface area contributed by atoms with Crippen LogP contribution in [0.3, 0.4) is 0 Å². The standard InChI is InChI=1S/C15H20ClNO2/c1-10-5-7-11(8-6-10)14(15(18)19)17-13-4-2-3-12(16)9-13/h2-4,9-11,14,17H,5-8H2,1H3,(H,18,19). The molecule has 1 aromatic carbocycles. The van der Waals surface area contributed by atoms with E-state index >= 15 is 0 Å². The second kappa shape index (κ2) is 6.29. The van der Waals surface area contributed by atoms with E-state index in [9.17, 15) is 9.90 Å². The molecule has 1 aliphatic rings. The van der Waals surface area contributed by atoms with Crippen molar-refractivity contribution >= 4 is 23.3 Å². The number of halogens is 1. The number of nitrogens with one attached hydrogen (secondary N) is 1. The molecule has 0 heterocycles. The van der Waals surface area contributed by atoms with Crippen molar-refractivity contribution in [3.63, 3.8) is 0 Å². The van der Waals surface area contributed by atoms with Crippen molar-refractivity contribution in [2.75, 3.05) is 5.32 Å². The van der Waals surface area contributed by atoms with E-state index < -0.39 is 12.0 Å². The van der Waals surface area contributed by atoms with E-state index in [1.54, 1.807) is 12.1 Å². The number of anilines is 1. The first-order valence-corrected chi connectivity index (χ1v) is 7.19. The third-order valence-corrected chi connectivity index (χ3v) is 4.18. The largest absolute Gasteiger partial charge is 0.480 e. The maximum absolute atomic E-state index is 11.5. The van der Waals surface area contributed by atoms with Gasteiger partial charge in [-0.3, -0.25) is 0 Å². The zero-order chi connectivity index (χ0) is 13.8. The topological polar surface area (TPSA) is 49.3 Å². The fourth-order valence-electron chi connectivity index (χ4n) is 2.76. The fourth-order valence-corrected chi connectivity index (χ4v) is 2.95. The van der Waals surface area contributed by atoms with Gasteiger partial charge in [0.1, 0.15) is 6.04 Å². The van der Waals surface area contributed by atoms with Crippen LogP contribution in [0.5, 0.6) is 0 Å². The molecule has 0 spiro atoms. The van der Waals surface area contributed by atoms with E-state index in [2.05, 4.69) is 12.2 Å². The van der Waals surface area contributed by atoms with Gasteiger partial charge in [0.05, 0.1) is 0 Å². The van der Waals surface area contributed by atoms with Crippen LogP contribution in [0.4, 0.5) is 5.69 Å². The molecule has 4 heteroatoms. The summed E-state index contributed by atoms with van der Waals surface area (Å²) in [6.07, 6.45) is 4.19. The SMILES string of the molecule is CC1CCC(C(Nc2cccc(Cl)c2)C(=O)O)CC1. The molecule has 1 aliphatic carbocycles. The third kappa shape index (κ3) is 3.87. The molecule has 0 saturated heterocycles. The molecular formula is C15H20ClNO2. The number of aliphatic carboxylic acids is 1. The Bertz CT molecular complexity index is 442. The smallest absolute Gasteiger partial charge is 0.326 e. The minimum Gasteiger partial charge on any atom is -0.480 e. The molecule has 1 atom stereocenters. The van der Waals surface area contributed by atoms with Gasteiger partial charge in [-0.1, -0.05) is 37.4 Å². The van der Waals surface area contributed by atoms with E-state index in [-0.39, 0.29) is 5.92 Å². The Hall–Kier alpha value is -1.22. The summed E-state index contributed by atoms with van der Waals surface area (Å²) in [5.41, 5.74) is 0.776. The third-order valence-electron chi connectivity index (χ3n) is 3.94. The Morgan fingerprint density at radius 2 is 2.05 bits per heavy atom. The normalized spacial score (nSPS) is 24.7. The van der Waals surface area contributed by atoms with Gasteiger partial charge in [-0.25, -0.2) is 4.79 Å². The van der Waals surface area contributed by atoms with Crippen LogP contribution >= 0.6 is 11.6 Å². The molecule has 0 radical (unpaired) electrons. The maximum Gasteiger partial charge on any atom is 0.326 e. The van der Waals surface area contributed by atoms with Gasteiger partial charge in [0, 0.05) is 10.7 Å². The first kappa shape index (κ1) is 14.2. The summed E-state index contributed by atoms with van der Waals surface area (Å²) in [7, 11) is 0. The quantitative estimate of drug-likeness (QED) is 0.876. The van der Waals surface area contributed by atoms with E-state index in [0.29, 0.717) is 5.02 Å². The van der Waals surface area contributed by atoms with Gasteiger partial charge in [-0.2, -0.15) is 0 Å². The van der Waals surface area contributed by atoms with Crippen molar-refractivity contribution in [1.82, 2.24) is 0 Å². The van der Waals surface area contributed by atoms with Crippen LogP contribution in [-0.4, -0.2) is 17.1 Å². The van der Waals surface area contributed by atoms with Crippen LogP contribution in [0.2, 0.25) is 5.02 Å². The van der Waals surface area contributed by atoms with Crippen molar-refractivity contribution in [2.24, 2.45) is 11.8 Å². The lowest BCUT2D eigenvalue weighted by Crippen LogP contribution is -2.38. The summed E-state index contributed by atoms with van der Waals surface area (Å²) in [6, 6.07) is 6.71. The van der Waals surface area contributed by atoms with Gasteiger partial charge in [0.15, 0.2) is 0 Å². The molecule has 0 aliphatic heterocycles. The zero-order valence-electron chi connectivity index (χ0n) is 11.1. The molecule has 1 saturated carbocycles. The second-order valence-corrected chi connectivity index (χ2v) is 5.93. The predicted molar refractivity (Wildman–Crippen MR) is 77.6 cm³/mol. The number of carboxylic acids is 1. The molecule has 3 nitrogen and oxygen atoms in total. The Labute approximate surface area is 119 Å². The Morgan fingerprint density at radius 1 is 1.37 bits per heavy atom. The molecular weight excluding hydrogens is 262 g/mol. The van der Waals surface area contributed by atoms with E-state index in [4.69, 9.17) is 11.6 Å². The van der Waals surface area contributed by atoms with Crippen molar-refractivity contribution in [2.45, 2.75) is 38.6 Å². The second-order valence-electron chi connectivity index (χ2n) is 5.49. The minimum atomic E-state index is -0.778. The highest BCUT2D eigenvalue weighted by Crippen LogP contribution is 2.32. The maximum atomic E-state index is 11.5. The van der Waals surface area contributed by atoms with Gasteiger partial charge in [0.25, 0.3) is 0 Å². The van der Waals surface area contributed by atoms with Crippen LogP contribution < -0.4 is 5.32 Å². The Balaban J connectivity index is 2.06. The van der Waals surface area contributed by atoms with Crippen LogP contribution in [0.1, 0.15) is 32.6 Å². The fraction of sp³-hybridized carbons (Fsp3) is 0.533.